The molecule has 0 atom stereocenters. The van der Waals surface area contributed by atoms with Crippen molar-refractivity contribution in [2.75, 3.05) is 5.32 Å². The maximum Gasteiger partial charge on any atom is 0.123 e. The number of anilines is 1. The van der Waals surface area contributed by atoms with Crippen molar-refractivity contribution in [3.63, 3.8) is 0 Å². The molecule has 1 N–H and O–H groups in total. The first-order valence-corrected chi connectivity index (χ1v) is 8.14. The molecule has 0 aliphatic heterocycles. The number of hydrogen-bond donors (Lipinski definition) is 1. The Morgan fingerprint density at radius 3 is 2.31 bits per heavy atom. The number of benzene rings is 3. The number of nitriles is 1. The minimum absolute atomic E-state index is 0.316. The van der Waals surface area contributed by atoms with E-state index in [9.17, 15) is 9.65 Å². The van der Waals surface area contributed by atoms with Gasteiger partial charge in [0.25, 0.3) is 0 Å². The second kappa shape index (κ2) is 8.50. The van der Waals surface area contributed by atoms with Gasteiger partial charge in [0.1, 0.15) is 29.9 Å². The van der Waals surface area contributed by atoms with Gasteiger partial charge >= 0.3 is 0 Å². The molecule has 128 valence electrons. The van der Waals surface area contributed by atoms with E-state index in [1.54, 1.807) is 18.2 Å². The quantitative estimate of drug-likeness (QED) is 0.611. The summed E-state index contributed by atoms with van der Waals surface area (Å²) < 4.78 is 18.7. The van der Waals surface area contributed by atoms with E-state index in [2.05, 4.69) is 11.4 Å². The molecule has 0 unspecified atom stereocenters. The highest BCUT2D eigenvalue weighted by Gasteiger charge is 2.00. The van der Waals surface area contributed by atoms with Crippen molar-refractivity contribution in [1.82, 2.24) is 0 Å². The van der Waals surface area contributed by atoms with Crippen molar-refractivity contribution in [2.24, 2.45) is 0 Å². The lowest BCUT2D eigenvalue weighted by atomic mass is 10.2. The smallest absolute Gasteiger partial charge is 0.123 e. The van der Waals surface area contributed by atoms with Crippen LogP contribution in [0.3, 0.4) is 0 Å². The Hall–Kier alpha value is -3.58. The fourth-order valence-corrected chi connectivity index (χ4v) is 2.35. The van der Waals surface area contributed by atoms with E-state index < -0.39 is 0 Å². The SMILES string of the molecule is N#CC(=Cc1ccc(OCc2ccccc2)cc1)Nc1ccc(F)cc1. The molecular formula is C22H17FN2O. The molecule has 0 saturated heterocycles. The third-order valence-corrected chi connectivity index (χ3v) is 3.68. The Morgan fingerprint density at radius 2 is 1.65 bits per heavy atom. The van der Waals surface area contributed by atoms with Crippen molar-refractivity contribution in [2.45, 2.75) is 6.61 Å². The van der Waals surface area contributed by atoms with Crippen molar-refractivity contribution in [1.29, 1.82) is 5.26 Å². The van der Waals surface area contributed by atoms with Gasteiger partial charge in [0.05, 0.1) is 0 Å². The number of rotatable bonds is 6. The fourth-order valence-electron chi connectivity index (χ4n) is 2.35. The van der Waals surface area contributed by atoms with Crippen LogP contribution in [0.4, 0.5) is 10.1 Å². The lowest BCUT2D eigenvalue weighted by Crippen LogP contribution is -1.97. The second-order valence-corrected chi connectivity index (χ2v) is 5.65. The maximum atomic E-state index is 12.9. The zero-order valence-corrected chi connectivity index (χ0v) is 14.0. The molecule has 0 bridgehead atoms. The van der Waals surface area contributed by atoms with Gasteiger partial charge in [-0.05, 0) is 53.6 Å². The molecule has 26 heavy (non-hydrogen) atoms. The minimum atomic E-state index is -0.316. The first-order valence-electron chi connectivity index (χ1n) is 8.14. The maximum absolute atomic E-state index is 12.9. The van der Waals surface area contributed by atoms with E-state index >= 15 is 0 Å². The van der Waals surface area contributed by atoms with Crippen LogP contribution in [-0.2, 0) is 6.61 Å². The molecule has 3 nitrogen and oxygen atoms in total. The Morgan fingerprint density at radius 1 is 0.962 bits per heavy atom. The average Bonchev–Trinajstić information content (AvgIpc) is 2.69. The van der Waals surface area contributed by atoms with E-state index in [0.717, 1.165) is 16.9 Å². The molecule has 3 aromatic rings. The van der Waals surface area contributed by atoms with Crippen LogP contribution in [0.15, 0.2) is 84.6 Å². The van der Waals surface area contributed by atoms with Crippen LogP contribution in [0.5, 0.6) is 5.75 Å². The number of nitrogens with one attached hydrogen (secondary N) is 1. The van der Waals surface area contributed by atoms with Crippen LogP contribution < -0.4 is 10.1 Å². The fraction of sp³-hybridized carbons (Fsp3) is 0.0455. The van der Waals surface area contributed by atoms with Gasteiger partial charge in [0.2, 0.25) is 0 Å². The van der Waals surface area contributed by atoms with Crippen LogP contribution in [0.2, 0.25) is 0 Å². The van der Waals surface area contributed by atoms with Gasteiger partial charge in [-0.3, -0.25) is 0 Å². The lowest BCUT2D eigenvalue weighted by Gasteiger charge is -2.07. The molecule has 0 amide bonds. The number of halogens is 1. The summed E-state index contributed by atoms with van der Waals surface area (Å²) in [6, 6.07) is 25.4. The molecule has 0 aliphatic rings. The van der Waals surface area contributed by atoms with E-state index in [-0.39, 0.29) is 5.82 Å². The Labute approximate surface area is 152 Å². The Balaban J connectivity index is 1.64. The Bertz CT molecular complexity index is 911. The highest BCUT2D eigenvalue weighted by Crippen LogP contribution is 2.17. The summed E-state index contributed by atoms with van der Waals surface area (Å²) in [6.07, 6.45) is 1.73. The summed E-state index contributed by atoms with van der Waals surface area (Å²) in [5, 5.41) is 12.3. The van der Waals surface area contributed by atoms with Crippen molar-refractivity contribution in [3.05, 3.63) is 102 Å². The predicted molar refractivity (Wildman–Crippen MR) is 101 cm³/mol. The summed E-state index contributed by atoms with van der Waals surface area (Å²) in [5.41, 5.74) is 2.99. The van der Waals surface area contributed by atoms with E-state index in [1.165, 1.54) is 12.1 Å². The van der Waals surface area contributed by atoms with Crippen molar-refractivity contribution >= 4 is 11.8 Å². The molecule has 0 spiro atoms. The number of nitrogens with zero attached hydrogens (tertiary/aromatic N) is 1. The topological polar surface area (TPSA) is 45.0 Å². The number of ether oxygens (including phenoxy) is 1. The molecular weight excluding hydrogens is 327 g/mol. The zero-order valence-electron chi connectivity index (χ0n) is 14.0. The molecule has 0 aromatic heterocycles. The molecule has 0 radical (unpaired) electrons. The molecule has 4 heteroatoms. The van der Waals surface area contributed by atoms with Crippen LogP contribution in [0.1, 0.15) is 11.1 Å². The summed E-state index contributed by atoms with van der Waals surface area (Å²) in [4.78, 5) is 0. The highest BCUT2D eigenvalue weighted by atomic mass is 19.1. The minimum Gasteiger partial charge on any atom is -0.489 e. The standard InChI is InChI=1S/C22H17FN2O/c23-19-8-10-20(11-9-19)25-21(15-24)14-17-6-12-22(13-7-17)26-16-18-4-2-1-3-5-18/h1-14,25H,16H2. The zero-order chi connectivity index (χ0) is 18.2. The molecule has 0 heterocycles. The highest BCUT2D eigenvalue weighted by molar-refractivity contribution is 5.64. The third kappa shape index (κ3) is 4.96. The van der Waals surface area contributed by atoms with Gasteiger partial charge in [0, 0.05) is 5.69 Å². The molecule has 0 saturated carbocycles. The summed E-state index contributed by atoms with van der Waals surface area (Å²) in [6.45, 7) is 0.506. The lowest BCUT2D eigenvalue weighted by molar-refractivity contribution is 0.306. The van der Waals surface area contributed by atoms with Gasteiger partial charge in [-0.25, -0.2) is 4.39 Å². The van der Waals surface area contributed by atoms with Gasteiger partial charge in [0.15, 0.2) is 0 Å². The molecule has 3 rings (SSSR count). The Kier molecular flexibility index (Phi) is 5.64. The summed E-state index contributed by atoms with van der Waals surface area (Å²) >= 11 is 0. The van der Waals surface area contributed by atoms with E-state index in [1.807, 2.05) is 54.6 Å². The monoisotopic (exact) mass is 344 g/mol. The van der Waals surface area contributed by atoms with Gasteiger partial charge < -0.3 is 10.1 Å². The normalized spacial score (nSPS) is 10.8. The largest absolute Gasteiger partial charge is 0.489 e. The first-order chi connectivity index (χ1) is 12.7. The van der Waals surface area contributed by atoms with Crippen molar-refractivity contribution in [3.8, 4) is 11.8 Å². The van der Waals surface area contributed by atoms with Crippen molar-refractivity contribution < 1.29 is 9.13 Å². The van der Waals surface area contributed by atoms with E-state index in [4.69, 9.17) is 4.74 Å². The van der Waals surface area contributed by atoms with Crippen LogP contribution in [-0.4, -0.2) is 0 Å². The number of hydrogen-bond acceptors (Lipinski definition) is 3. The second-order valence-electron chi connectivity index (χ2n) is 5.65. The van der Waals surface area contributed by atoms with E-state index in [0.29, 0.717) is 18.0 Å². The third-order valence-electron chi connectivity index (χ3n) is 3.68. The number of allylic oxidation sites excluding steroid dienone is 1. The molecule has 0 fully saturated rings. The van der Waals surface area contributed by atoms with Gasteiger partial charge in [-0.2, -0.15) is 5.26 Å². The first kappa shape index (κ1) is 17.2. The molecule has 0 aliphatic carbocycles. The van der Waals surface area contributed by atoms with Crippen LogP contribution in [0.25, 0.3) is 6.08 Å². The average molecular weight is 344 g/mol. The van der Waals surface area contributed by atoms with Crippen LogP contribution in [0, 0.1) is 17.1 Å². The summed E-state index contributed by atoms with van der Waals surface area (Å²) in [7, 11) is 0. The van der Waals surface area contributed by atoms with Gasteiger partial charge in [-0.1, -0.05) is 42.5 Å². The molecule has 3 aromatic carbocycles. The van der Waals surface area contributed by atoms with Gasteiger partial charge in [-0.15, -0.1) is 0 Å². The summed E-state index contributed by atoms with van der Waals surface area (Å²) in [5.74, 6) is 0.445. The predicted octanol–water partition coefficient (Wildman–Crippen LogP) is 5.38. The van der Waals surface area contributed by atoms with Crippen LogP contribution >= 0.6 is 0 Å².